The summed E-state index contributed by atoms with van der Waals surface area (Å²) in [4.78, 5) is 4.04. The van der Waals surface area contributed by atoms with Crippen molar-refractivity contribution in [3.05, 3.63) is 65.2 Å². The van der Waals surface area contributed by atoms with Gasteiger partial charge in [0.1, 0.15) is 5.69 Å². The van der Waals surface area contributed by atoms with Gasteiger partial charge in [-0.3, -0.25) is 4.90 Å². The van der Waals surface area contributed by atoms with E-state index in [0.717, 1.165) is 5.56 Å². The van der Waals surface area contributed by atoms with E-state index >= 15 is 0 Å². The third-order valence-electron chi connectivity index (χ3n) is 5.24. The van der Waals surface area contributed by atoms with Crippen molar-refractivity contribution >= 4 is 5.69 Å². The lowest BCUT2D eigenvalue weighted by atomic mass is 9.95. The molecule has 0 aromatic heterocycles. The largest absolute Gasteiger partial charge is 0.377 e. The molecule has 2 aliphatic rings. The standard InChI is InChI=1S/C22H22F2N2O/c1-16(2)26-15-25(12-22(26)13-27-14-22)21-19(23)10-18(11-20(21)24)9-8-17-6-4-3-5-7-17/h3-7,10-11,16H,12-15H2,1-2H3. The lowest BCUT2D eigenvalue weighted by molar-refractivity contribution is -0.124. The van der Waals surface area contributed by atoms with Gasteiger partial charge in [0.15, 0.2) is 11.6 Å². The fourth-order valence-electron chi connectivity index (χ4n) is 3.89. The SMILES string of the molecule is CC(C)N1CN(c2c(F)cc(C#Cc3ccccc3)cc2F)CC12COC2. The number of anilines is 1. The zero-order valence-corrected chi connectivity index (χ0v) is 15.5. The Hall–Kier alpha value is -2.42. The van der Waals surface area contributed by atoms with E-state index in [-0.39, 0.29) is 17.3 Å². The van der Waals surface area contributed by atoms with Crippen LogP contribution in [-0.4, -0.2) is 42.9 Å². The monoisotopic (exact) mass is 368 g/mol. The summed E-state index contributed by atoms with van der Waals surface area (Å²) >= 11 is 0. The van der Waals surface area contributed by atoms with Gasteiger partial charge in [-0.25, -0.2) is 8.78 Å². The van der Waals surface area contributed by atoms with Crippen molar-refractivity contribution in [2.45, 2.75) is 25.4 Å². The molecule has 4 rings (SSSR count). The Morgan fingerprint density at radius 1 is 1.00 bits per heavy atom. The van der Waals surface area contributed by atoms with Crippen molar-refractivity contribution in [1.82, 2.24) is 4.90 Å². The Labute approximate surface area is 158 Å². The summed E-state index contributed by atoms with van der Waals surface area (Å²) in [6.07, 6.45) is 0. The maximum atomic E-state index is 14.8. The molecule has 2 fully saturated rings. The van der Waals surface area contributed by atoms with E-state index < -0.39 is 11.6 Å². The lowest BCUT2D eigenvalue weighted by Gasteiger charge is -2.45. The molecule has 0 N–H and O–H groups in total. The van der Waals surface area contributed by atoms with Crippen molar-refractivity contribution in [3.63, 3.8) is 0 Å². The third kappa shape index (κ3) is 3.31. The van der Waals surface area contributed by atoms with Crippen LogP contribution in [0.4, 0.5) is 14.5 Å². The van der Waals surface area contributed by atoms with Gasteiger partial charge < -0.3 is 9.64 Å². The quantitative estimate of drug-likeness (QED) is 0.753. The van der Waals surface area contributed by atoms with Crippen molar-refractivity contribution in [1.29, 1.82) is 0 Å². The maximum absolute atomic E-state index is 14.8. The summed E-state index contributed by atoms with van der Waals surface area (Å²) in [5.74, 6) is 4.63. The summed E-state index contributed by atoms with van der Waals surface area (Å²) in [5.41, 5.74) is 1.02. The van der Waals surface area contributed by atoms with E-state index in [1.165, 1.54) is 12.1 Å². The Morgan fingerprint density at radius 3 is 2.15 bits per heavy atom. The number of ether oxygens (including phenoxy) is 1. The normalized spacial score (nSPS) is 18.5. The molecule has 2 aromatic rings. The van der Waals surface area contributed by atoms with Gasteiger partial charge in [0, 0.05) is 23.7 Å². The van der Waals surface area contributed by atoms with Gasteiger partial charge in [-0.15, -0.1) is 0 Å². The molecule has 140 valence electrons. The molecule has 0 radical (unpaired) electrons. The van der Waals surface area contributed by atoms with Crippen LogP contribution in [0.5, 0.6) is 0 Å². The highest BCUT2D eigenvalue weighted by Gasteiger charge is 2.52. The topological polar surface area (TPSA) is 15.7 Å². The number of hydrogen-bond acceptors (Lipinski definition) is 3. The number of nitrogens with zero attached hydrogens (tertiary/aromatic N) is 2. The molecule has 2 saturated heterocycles. The summed E-state index contributed by atoms with van der Waals surface area (Å²) < 4.78 is 35.0. The molecule has 2 heterocycles. The first-order chi connectivity index (χ1) is 13.0. The minimum atomic E-state index is -0.576. The summed E-state index contributed by atoms with van der Waals surface area (Å²) in [6, 6.07) is 12.3. The molecule has 3 nitrogen and oxygen atoms in total. The van der Waals surface area contributed by atoms with Gasteiger partial charge in [0.25, 0.3) is 0 Å². The molecular weight excluding hydrogens is 346 g/mol. The van der Waals surface area contributed by atoms with E-state index in [1.807, 2.05) is 30.3 Å². The first kappa shape index (κ1) is 18.0. The predicted molar refractivity (Wildman–Crippen MR) is 102 cm³/mol. The molecule has 1 spiro atoms. The Bertz CT molecular complexity index is 875. The van der Waals surface area contributed by atoms with E-state index in [4.69, 9.17) is 4.74 Å². The van der Waals surface area contributed by atoms with Gasteiger partial charge in [0.05, 0.1) is 25.4 Å². The van der Waals surface area contributed by atoms with E-state index in [1.54, 1.807) is 4.90 Å². The average Bonchev–Trinajstić information content (AvgIpc) is 3.01. The summed E-state index contributed by atoms with van der Waals surface area (Å²) in [7, 11) is 0. The highest BCUT2D eigenvalue weighted by molar-refractivity contribution is 5.55. The second kappa shape index (κ2) is 6.95. The van der Waals surface area contributed by atoms with Crippen LogP contribution >= 0.6 is 0 Å². The van der Waals surface area contributed by atoms with Crippen LogP contribution in [0.25, 0.3) is 0 Å². The van der Waals surface area contributed by atoms with Crippen LogP contribution in [0.3, 0.4) is 0 Å². The van der Waals surface area contributed by atoms with E-state index in [0.29, 0.717) is 32.0 Å². The Balaban J connectivity index is 1.61. The minimum absolute atomic E-state index is 0.0229. The van der Waals surface area contributed by atoms with Gasteiger partial charge in [-0.05, 0) is 38.1 Å². The highest BCUT2D eigenvalue weighted by atomic mass is 19.1. The summed E-state index contributed by atoms with van der Waals surface area (Å²) in [5, 5.41) is 0. The van der Waals surface area contributed by atoms with Gasteiger partial charge in [-0.2, -0.15) is 0 Å². The molecule has 0 saturated carbocycles. The fraction of sp³-hybridized carbons (Fsp3) is 0.364. The number of hydrogen-bond donors (Lipinski definition) is 0. The van der Waals surface area contributed by atoms with Crippen LogP contribution in [0.1, 0.15) is 25.0 Å². The Kier molecular flexibility index (Phi) is 4.63. The molecule has 2 aliphatic heterocycles. The molecule has 0 atom stereocenters. The average molecular weight is 368 g/mol. The van der Waals surface area contributed by atoms with Crippen LogP contribution in [0.15, 0.2) is 42.5 Å². The van der Waals surface area contributed by atoms with Crippen LogP contribution in [-0.2, 0) is 4.74 Å². The van der Waals surface area contributed by atoms with E-state index in [2.05, 4.69) is 30.6 Å². The Morgan fingerprint density at radius 2 is 1.63 bits per heavy atom. The smallest absolute Gasteiger partial charge is 0.150 e. The van der Waals surface area contributed by atoms with Crippen molar-refractivity contribution in [3.8, 4) is 11.8 Å². The lowest BCUT2D eigenvalue weighted by Crippen LogP contribution is -2.62. The number of halogens is 2. The van der Waals surface area contributed by atoms with Crippen LogP contribution in [0.2, 0.25) is 0 Å². The molecule has 0 bridgehead atoms. The predicted octanol–water partition coefficient (Wildman–Crippen LogP) is 3.62. The zero-order chi connectivity index (χ0) is 19.0. The van der Waals surface area contributed by atoms with Gasteiger partial charge >= 0.3 is 0 Å². The van der Waals surface area contributed by atoms with Crippen molar-refractivity contribution in [2.75, 3.05) is 31.3 Å². The zero-order valence-electron chi connectivity index (χ0n) is 15.5. The minimum Gasteiger partial charge on any atom is -0.377 e. The van der Waals surface area contributed by atoms with Crippen molar-refractivity contribution in [2.24, 2.45) is 0 Å². The van der Waals surface area contributed by atoms with E-state index in [9.17, 15) is 8.78 Å². The third-order valence-corrected chi connectivity index (χ3v) is 5.24. The summed E-state index contributed by atoms with van der Waals surface area (Å²) in [6.45, 7) is 6.45. The van der Waals surface area contributed by atoms with Gasteiger partial charge in [0.2, 0.25) is 0 Å². The first-order valence-electron chi connectivity index (χ1n) is 9.14. The number of benzene rings is 2. The number of rotatable bonds is 2. The van der Waals surface area contributed by atoms with Crippen LogP contribution in [0, 0.1) is 23.5 Å². The molecular formula is C22H22F2N2O. The van der Waals surface area contributed by atoms with Crippen LogP contribution < -0.4 is 4.90 Å². The molecule has 5 heteroatoms. The molecule has 0 unspecified atom stereocenters. The maximum Gasteiger partial charge on any atom is 0.150 e. The molecule has 27 heavy (non-hydrogen) atoms. The van der Waals surface area contributed by atoms with Gasteiger partial charge in [-0.1, -0.05) is 30.0 Å². The highest BCUT2D eigenvalue weighted by Crippen LogP contribution is 2.38. The fourth-order valence-corrected chi connectivity index (χ4v) is 3.89. The second-order valence-corrected chi connectivity index (χ2v) is 7.52. The molecule has 2 aromatic carbocycles. The molecule has 0 amide bonds. The van der Waals surface area contributed by atoms with Crippen molar-refractivity contribution < 1.29 is 13.5 Å². The second-order valence-electron chi connectivity index (χ2n) is 7.52. The molecule has 0 aliphatic carbocycles. The first-order valence-corrected chi connectivity index (χ1v) is 9.14.